The van der Waals surface area contributed by atoms with Crippen LogP contribution in [0.1, 0.15) is 40.7 Å². The van der Waals surface area contributed by atoms with Crippen LogP contribution in [0.4, 0.5) is 0 Å². The first kappa shape index (κ1) is 21.1. The van der Waals surface area contributed by atoms with Gasteiger partial charge in [0.25, 0.3) is 5.91 Å². The minimum Gasteiger partial charge on any atom is -0.378 e. The molecule has 7 heteroatoms. The third-order valence-electron chi connectivity index (χ3n) is 6.88. The van der Waals surface area contributed by atoms with Gasteiger partial charge < -0.3 is 19.3 Å². The standard InChI is InChI=1S/C25H29N3O4/c29-23(27-12-14-31-15-13-27)17-21-16-19-4-1-2-6-22(19)25(32-21)7-10-28(11-8-25)24(30)20-5-3-9-26-18-20/h1-6,9,18,21H,7-8,10-17H2. The van der Waals surface area contributed by atoms with E-state index < -0.39 is 5.60 Å². The van der Waals surface area contributed by atoms with Gasteiger partial charge in [0.05, 0.1) is 36.9 Å². The van der Waals surface area contributed by atoms with Gasteiger partial charge in [-0.05, 0) is 42.5 Å². The molecule has 1 atom stereocenters. The number of ether oxygens (including phenoxy) is 2. The van der Waals surface area contributed by atoms with Crippen LogP contribution >= 0.6 is 0 Å². The predicted molar refractivity (Wildman–Crippen MR) is 118 cm³/mol. The van der Waals surface area contributed by atoms with E-state index in [0.717, 1.165) is 19.3 Å². The van der Waals surface area contributed by atoms with Gasteiger partial charge >= 0.3 is 0 Å². The molecule has 0 N–H and O–H groups in total. The van der Waals surface area contributed by atoms with Gasteiger partial charge in [0, 0.05) is 38.6 Å². The van der Waals surface area contributed by atoms with Gasteiger partial charge in [-0.15, -0.1) is 0 Å². The number of carbonyl (C=O) groups excluding carboxylic acids is 2. The van der Waals surface area contributed by atoms with Crippen LogP contribution in [0.2, 0.25) is 0 Å². The highest BCUT2D eigenvalue weighted by atomic mass is 16.5. The van der Waals surface area contributed by atoms with Crippen molar-refractivity contribution in [2.75, 3.05) is 39.4 Å². The van der Waals surface area contributed by atoms with Crippen molar-refractivity contribution >= 4 is 11.8 Å². The number of nitrogens with zero attached hydrogens (tertiary/aromatic N) is 3. The number of benzene rings is 1. The Hall–Kier alpha value is -2.77. The third-order valence-corrected chi connectivity index (χ3v) is 6.88. The quantitative estimate of drug-likeness (QED) is 0.740. The lowest BCUT2D eigenvalue weighted by Crippen LogP contribution is -2.51. The van der Waals surface area contributed by atoms with Crippen molar-refractivity contribution in [1.82, 2.24) is 14.8 Å². The van der Waals surface area contributed by atoms with Gasteiger partial charge in [0.1, 0.15) is 0 Å². The lowest BCUT2D eigenvalue weighted by atomic mass is 9.77. The second-order valence-corrected chi connectivity index (χ2v) is 8.83. The van der Waals surface area contributed by atoms with Gasteiger partial charge in [-0.1, -0.05) is 24.3 Å². The zero-order chi connectivity index (χ0) is 22.0. The molecule has 0 aliphatic carbocycles. The summed E-state index contributed by atoms with van der Waals surface area (Å²) in [4.78, 5) is 33.6. The summed E-state index contributed by atoms with van der Waals surface area (Å²) in [6, 6.07) is 12.0. The Morgan fingerprint density at radius 2 is 1.78 bits per heavy atom. The van der Waals surface area contributed by atoms with E-state index in [0.29, 0.717) is 51.4 Å². The summed E-state index contributed by atoms with van der Waals surface area (Å²) in [6.07, 6.45) is 5.71. The molecule has 0 saturated carbocycles. The number of pyridine rings is 1. The maximum atomic E-state index is 12.9. The smallest absolute Gasteiger partial charge is 0.255 e. The van der Waals surface area contributed by atoms with E-state index in [1.54, 1.807) is 24.5 Å². The highest BCUT2D eigenvalue weighted by Gasteiger charge is 2.45. The van der Waals surface area contributed by atoms with Gasteiger partial charge in [0.15, 0.2) is 0 Å². The SMILES string of the molecule is O=C(CC1Cc2ccccc2C2(CCN(C(=O)c3cccnc3)CC2)O1)N1CCOCC1. The molecule has 2 saturated heterocycles. The van der Waals surface area contributed by atoms with Crippen LogP contribution in [0.25, 0.3) is 0 Å². The molecule has 2 amide bonds. The van der Waals surface area contributed by atoms with Crippen molar-refractivity contribution in [3.8, 4) is 0 Å². The predicted octanol–water partition coefficient (Wildman–Crippen LogP) is 2.40. The van der Waals surface area contributed by atoms with E-state index >= 15 is 0 Å². The first-order valence-electron chi connectivity index (χ1n) is 11.5. The molecule has 3 aliphatic heterocycles. The van der Waals surface area contributed by atoms with E-state index in [-0.39, 0.29) is 17.9 Å². The normalized spacial score (nSPS) is 22.4. The summed E-state index contributed by atoms with van der Waals surface area (Å²) in [5.41, 5.74) is 2.63. The molecule has 2 aromatic rings. The number of hydrogen-bond acceptors (Lipinski definition) is 5. The Labute approximate surface area is 188 Å². The highest BCUT2D eigenvalue weighted by molar-refractivity contribution is 5.93. The summed E-state index contributed by atoms with van der Waals surface area (Å²) in [7, 11) is 0. The number of piperidine rings is 1. The molecule has 168 valence electrons. The first-order chi connectivity index (χ1) is 15.6. The summed E-state index contributed by atoms with van der Waals surface area (Å²) in [5.74, 6) is 0.146. The van der Waals surface area contributed by atoms with Crippen molar-refractivity contribution in [3.63, 3.8) is 0 Å². The third kappa shape index (κ3) is 4.14. The van der Waals surface area contributed by atoms with Gasteiger partial charge in [0.2, 0.25) is 5.91 Å². The minimum atomic E-state index is -0.448. The van der Waals surface area contributed by atoms with Crippen molar-refractivity contribution in [3.05, 3.63) is 65.5 Å². The van der Waals surface area contributed by atoms with Crippen LogP contribution in [0.5, 0.6) is 0 Å². The molecule has 4 heterocycles. The molecule has 0 radical (unpaired) electrons. The molecule has 2 fully saturated rings. The Morgan fingerprint density at radius 1 is 1.00 bits per heavy atom. The molecule has 32 heavy (non-hydrogen) atoms. The van der Waals surface area contributed by atoms with E-state index in [1.807, 2.05) is 9.80 Å². The fourth-order valence-electron chi connectivity index (χ4n) is 5.19. The molecule has 1 spiro atoms. The molecule has 7 nitrogen and oxygen atoms in total. The Morgan fingerprint density at radius 3 is 2.53 bits per heavy atom. The number of likely N-dealkylation sites (tertiary alicyclic amines) is 1. The number of aromatic nitrogens is 1. The minimum absolute atomic E-state index is 0.0103. The zero-order valence-corrected chi connectivity index (χ0v) is 18.2. The molecular formula is C25H29N3O4. The highest BCUT2D eigenvalue weighted by Crippen LogP contribution is 2.44. The van der Waals surface area contributed by atoms with Gasteiger partial charge in [-0.2, -0.15) is 0 Å². The molecule has 3 aliphatic rings. The fraction of sp³-hybridized carbons (Fsp3) is 0.480. The van der Waals surface area contributed by atoms with E-state index in [2.05, 4.69) is 29.2 Å². The number of carbonyl (C=O) groups is 2. The Balaban J connectivity index is 1.31. The van der Waals surface area contributed by atoms with Crippen molar-refractivity contribution in [1.29, 1.82) is 0 Å². The summed E-state index contributed by atoms with van der Waals surface area (Å²) < 4.78 is 12.1. The van der Waals surface area contributed by atoms with E-state index in [1.165, 1.54) is 11.1 Å². The van der Waals surface area contributed by atoms with Crippen molar-refractivity contribution in [2.24, 2.45) is 0 Å². The number of rotatable bonds is 3. The molecular weight excluding hydrogens is 406 g/mol. The lowest BCUT2D eigenvalue weighted by molar-refractivity contribution is -0.155. The second kappa shape index (κ2) is 9.00. The van der Waals surface area contributed by atoms with Crippen LogP contribution in [0.3, 0.4) is 0 Å². The molecule has 5 rings (SSSR count). The van der Waals surface area contributed by atoms with Crippen molar-refractivity contribution < 1.29 is 19.1 Å². The Kier molecular flexibility index (Phi) is 5.93. The number of hydrogen-bond donors (Lipinski definition) is 0. The maximum Gasteiger partial charge on any atom is 0.255 e. The number of fused-ring (bicyclic) bond motifs is 2. The monoisotopic (exact) mass is 435 g/mol. The average molecular weight is 436 g/mol. The second-order valence-electron chi connectivity index (χ2n) is 8.83. The number of amides is 2. The average Bonchev–Trinajstić information content (AvgIpc) is 2.85. The van der Waals surface area contributed by atoms with Gasteiger partial charge in [-0.25, -0.2) is 0 Å². The van der Waals surface area contributed by atoms with E-state index in [4.69, 9.17) is 9.47 Å². The van der Waals surface area contributed by atoms with Crippen LogP contribution in [-0.2, 0) is 26.3 Å². The topological polar surface area (TPSA) is 72.0 Å². The van der Waals surface area contributed by atoms with Gasteiger partial charge in [-0.3, -0.25) is 14.6 Å². The molecule has 1 unspecified atom stereocenters. The lowest BCUT2D eigenvalue weighted by Gasteiger charge is -2.47. The van der Waals surface area contributed by atoms with Crippen LogP contribution in [0, 0.1) is 0 Å². The van der Waals surface area contributed by atoms with Crippen molar-refractivity contribution in [2.45, 2.75) is 37.4 Å². The Bertz CT molecular complexity index is 966. The van der Waals surface area contributed by atoms with Crippen LogP contribution < -0.4 is 0 Å². The first-order valence-corrected chi connectivity index (χ1v) is 11.5. The summed E-state index contributed by atoms with van der Waals surface area (Å²) in [6.45, 7) is 3.74. The fourth-order valence-corrected chi connectivity index (χ4v) is 5.19. The van der Waals surface area contributed by atoms with E-state index in [9.17, 15) is 9.59 Å². The molecule has 1 aromatic heterocycles. The maximum absolute atomic E-state index is 12.9. The summed E-state index contributed by atoms with van der Waals surface area (Å²) >= 11 is 0. The number of morpholine rings is 1. The largest absolute Gasteiger partial charge is 0.378 e. The molecule has 1 aromatic carbocycles. The molecule has 0 bridgehead atoms. The van der Waals surface area contributed by atoms with Crippen LogP contribution in [0.15, 0.2) is 48.8 Å². The van der Waals surface area contributed by atoms with Crippen LogP contribution in [-0.4, -0.2) is 72.1 Å². The zero-order valence-electron chi connectivity index (χ0n) is 18.2. The summed E-state index contributed by atoms with van der Waals surface area (Å²) in [5, 5.41) is 0.